The first-order valence-electron chi connectivity index (χ1n) is 5.89. The lowest BCUT2D eigenvalue weighted by atomic mass is 9.81. The summed E-state index contributed by atoms with van der Waals surface area (Å²) in [5, 5.41) is 0.347. The van der Waals surface area contributed by atoms with Crippen LogP contribution in [-0.4, -0.2) is 5.38 Å². The summed E-state index contributed by atoms with van der Waals surface area (Å²) in [6, 6.07) is 6.73. The number of hydrogen-bond donors (Lipinski definition) is 0. The maximum absolute atomic E-state index is 6.44. The highest BCUT2D eigenvalue weighted by molar-refractivity contribution is 6.21. The first-order chi connectivity index (χ1) is 7.18. The molecule has 1 saturated carbocycles. The van der Waals surface area contributed by atoms with Crippen LogP contribution in [0.2, 0.25) is 0 Å². The molecule has 82 valence electrons. The molecule has 0 nitrogen and oxygen atoms in total. The molecule has 0 amide bonds. The molecule has 2 unspecified atom stereocenters. The van der Waals surface area contributed by atoms with Crippen LogP contribution in [0.5, 0.6) is 0 Å². The van der Waals surface area contributed by atoms with Crippen molar-refractivity contribution in [1.82, 2.24) is 0 Å². The largest absolute Gasteiger partial charge is 0.122 e. The molecule has 0 radical (unpaired) electrons. The van der Waals surface area contributed by atoms with Crippen molar-refractivity contribution in [3.8, 4) is 0 Å². The summed E-state index contributed by atoms with van der Waals surface area (Å²) in [4.78, 5) is 0. The summed E-state index contributed by atoms with van der Waals surface area (Å²) in [6.45, 7) is 4.36. The highest BCUT2D eigenvalue weighted by Crippen LogP contribution is 2.37. The summed E-state index contributed by atoms with van der Waals surface area (Å²) >= 11 is 6.44. The van der Waals surface area contributed by atoms with Gasteiger partial charge < -0.3 is 0 Å². The molecule has 0 heterocycles. The van der Waals surface area contributed by atoms with Crippen molar-refractivity contribution >= 4 is 11.6 Å². The van der Waals surface area contributed by atoms with Gasteiger partial charge in [-0.3, -0.25) is 0 Å². The first-order valence-corrected chi connectivity index (χ1v) is 6.33. The van der Waals surface area contributed by atoms with Gasteiger partial charge in [-0.2, -0.15) is 0 Å². The van der Waals surface area contributed by atoms with E-state index >= 15 is 0 Å². The lowest BCUT2D eigenvalue weighted by Crippen LogP contribution is -2.18. The third kappa shape index (κ3) is 2.36. The van der Waals surface area contributed by atoms with Crippen LogP contribution in [-0.2, 0) is 0 Å². The Hall–Kier alpha value is -0.490. The highest BCUT2D eigenvalue weighted by Gasteiger charge is 2.25. The second-order valence-corrected chi connectivity index (χ2v) is 5.33. The molecule has 15 heavy (non-hydrogen) atoms. The molecule has 1 fully saturated rings. The van der Waals surface area contributed by atoms with Crippen LogP contribution in [0, 0.1) is 13.8 Å². The van der Waals surface area contributed by atoms with Gasteiger partial charge in [0.15, 0.2) is 0 Å². The van der Waals surface area contributed by atoms with Crippen LogP contribution in [0.3, 0.4) is 0 Å². The van der Waals surface area contributed by atoms with Crippen LogP contribution < -0.4 is 0 Å². The molecular formula is C14H19Cl. The van der Waals surface area contributed by atoms with Gasteiger partial charge >= 0.3 is 0 Å². The van der Waals surface area contributed by atoms with Crippen LogP contribution in [0.25, 0.3) is 0 Å². The SMILES string of the molecule is Cc1ccc(C)c(C2CCCCC2Cl)c1. The van der Waals surface area contributed by atoms with E-state index in [1.165, 1.54) is 42.4 Å². The number of rotatable bonds is 1. The summed E-state index contributed by atoms with van der Waals surface area (Å²) in [7, 11) is 0. The minimum absolute atomic E-state index is 0.347. The Morgan fingerprint density at radius 1 is 1.13 bits per heavy atom. The fourth-order valence-corrected chi connectivity index (χ4v) is 3.01. The van der Waals surface area contributed by atoms with Gasteiger partial charge in [0.05, 0.1) is 0 Å². The van der Waals surface area contributed by atoms with Gasteiger partial charge in [-0.1, -0.05) is 36.6 Å². The molecule has 0 N–H and O–H groups in total. The maximum Gasteiger partial charge on any atom is 0.0404 e. The van der Waals surface area contributed by atoms with Crippen molar-refractivity contribution < 1.29 is 0 Å². The van der Waals surface area contributed by atoms with Crippen molar-refractivity contribution in [3.05, 3.63) is 34.9 Å². The zero-order valence-electron chi connectivity index (χ0n) is 9.59. The number of alkyl halides is 1. The molecule has 1 aromatic carbocycles. The molecule has 0 saturated heterocycles. The Bertz CT molecular complexity index is 343. The molecule has 0 aliphatic heterocycles. The van der Waals surface area contributed by atoms with E-state index in [1.54, 1.807) is 0 Å². The molecule has 1 aromatic rings. The molecule has 1 heteroatoms. The molecule has 2 atom stereocenters. The molecule has 0 spiro atoms. The Morgan fingerprint density at radius 2 is 1.87 bits per heavy atom. The average Bonchev–Trinajstić information content (AvgIpc) is 2.23. The van der Waals surface area contributed by atoms with Crippen LogP contribution in [0.1, 0.15) is 48.3 Å². The average molecular weight is 223 g/mol. The van der Waals surface area contributed by atoms with Crippen molar-refractivity contribution in [3.63, 3.8) is 0 Å². The van der Waals surface area contributed by atoms with Crippen LogP contribution in [0.4, 0.5) is 0 Å². The van der Waals surface area contributed by atoms with Crippen LogP contribution in [0.15, 0.2) is 18.2 Å². The number of hydrogen-bond acceptors (Lipinski definition) is 0. The van der Waals surface area contributed by atoms with E-state index < -0.39 is 0 Å². The minimum atomic E-state index is 0.347. The van der Waals surface area contributed by atoms with E-state index in [2.05, 4.69) is 32.0 Å². The highest BCUT2D eigenvalue weighted by atomic mass is 35.5. The lowest BCUT2D eigenvalue weighted by molar-refractivity contribution is 0.449. The number of halogens is 1. The van der Waals surface area contributed by atoms with E-state index in [0.29, 0.717) is 11.3 Å². The summed E-state index contributed by atoms with van der Waals surface area (Å²) in [6.07, 6.45) is 5.08. The predicted molar refractivity (Wildman–Crippen MR) is 66.8 cm³/mol. The van der Waals surface area contributed by atoms with Crippen LogP contribution >= 0.6 is 11.6 Å². The Labute approximate surface area is 97.6 Å². The van der Waals surface area contributed by atoms with Gasteiger partial charge in [-0.05, 0) is 37.8 Å². The van der Waals surface area contributed by atoms with Crippen molar-refractivity contribution in [1.29, 1.82) is 0 Å². The molecule has 2 rings (SSSR count). The molecule has 0 bridgehead atoms. The molecule has 1 aliphatic carbocycles. The fraction of sp³-hybridized carbons (Fsp3) is 0.571. The van der Waals surface area contributed by atoms with Gasteiger partial charge in [0.2, 0.25) is 0 Å². The zero-order chi connectivity index (χ0) is 10.8. The normalized spacial score (nSPS) is 26.6. The molecule has 1 aliphatic rings. The topological polar surface area (TPSA) is 0 Å². The monoisotopic (exact) mass is 222 g/mol. The Kier molecular flexibility index (Phi) is 3.35. The summed E-state index contributed by atoms with van der Waals surface area (Å²) in [5.74, 6) is 0.584. The van der Waals surface area contributed by atoms with Gasteiger partial charge in [0.1, 0.15) is 0 Å². The Morgan fingerprint density at radius 3 is 2.60 bits per heavy atom. The smallest absolute Gasteiger partial charge is 0.0404 e. The van der Waals surface area contributed by atoms with E-state index in [1.807, 2.05) is 0 Å². The standard InChI is InChI=1S/C14H19Cl/c1-10-7-8-11(2)13(9-10)12-5-3-4-6-14(12)15/h7-9,12,14H,3-6H2,1-2H3. The number of benzene rings is 1. The van der Waals surface area contributed by atoms with Gasteiger partial charge in [0, 0.05) is 11.3 Å². The van der Waals surface area contributed by atoms with Gasteiger partial charge in [-0.15, -0.1) is 11.6 Å². The van der Waals surface area contributed by atoms with Gasteiger partial charge in [0.25, 0.3) is 0 Å². The Balaban J connectivity index is 2.30. The van der Waals surface area contributed by atoms with Crippen molar-refractivity contribution in [2.45, 2.75) is 50.8 Å². The lowest BCUT2D eigenvalue weighted by Gasteiger charge is -2.28. The van der Waals surface area contributed by atoms with E-state index in [4.69, 9.17) is 11.6 Å². The first kappa shape index (κ1) is 11.0. The second kappa shape index (κ2) is 4.57. The fourth-order valence-electron chi connectivity index (χ4n) is 2.60. The molecule has 0 aromatic heterocycles. The van der Waals surface area contributed by atoms with E-state index in [-0.39, 0.29) is 0 Å². The zero-order valence-corrected chi connectivity index (χ0v) is 10.3. The van der Waals surface area contributed by atoms with E-state index in [0.717, 1.165) is 0 Å². The third-order valence-electron chi connectivity index (χ3n) is 3.52. The third-order valence-corrected chi connectivity index (χ3v) is 4.04. The predicted octanol–water partition coefficient (Wildman–Crippen LogP) is 4.57. The minimum Gasteiger partial charge on any atom is -0.122 e. The maximum atomic E-state index is 6.44. The van der Waals surface area contributed by atoms with E-state index in [9.17, 15) is 0 Å². The summed E-state index contributed by atoms with van der Waals surface area (Å²) in [5.41, 5.74) is 4.23. The number of aryl methyl sites for hydroxylation is 2. The quantitative estimate of drug-likeness (QED) is 0.611. The molecular weight excluding hydrogens is 204 g/mol. The van der Waals surface area contributed by atoms with Crippen molar-refractivity contribution in [2.75, 3.05) is 0 Å². The second-order valence-electron chi connectivity index (χ2n) is 4.77. The van der Waals surface area contributed by atoms with Crippen molar-refractivity contribution in [2.24, 2.45) is 0 Å². The van der Waals surface area contributed by atoms with Gasteiger partial charge in [-0.25, -0.2) is 0 Å². The summed E-state index contributed by atoms with van der Waals surface area (Å²) < 4.78 is 0.